The lowest BCUT2D eigenvalue weighted by molar-refractivity contribution is -0.137. The number of urea groups is 1. The molecule has 1 aliphatic rings. The van der Waals surface area contributed by atoms with Gasteiger partial charge in [0, 0.05) is 24.0 Å². The molecule has 0 saturated carbocycles. The Kier molecular flexibility index (Phi) is 8.89. The maximum Gasteiger partial charge on any atom is 0.326 e. The summed E-state index contributed by atoms with van der Waals surface area (Å²) in [5.41, 5.74) is 4.25. The molecule has 1 atom stereocenters. The zero-order valence-corrected chi connectivity index (χ0v) is 24.1. The molecule has 4 amide bonds. The monoisotopic (exact) mass is 597 g/mol. The molecule has 0 saturated heterocycles. The molecule has 4 aromatic rings. The number of benzene rings is 3. The zero-order chi connectivity index (χ0) is 31.2. The SMILES string of the molecule is COc1cc(CC(=O)Nc2ccc([C@@H](CC(=O)O)NC(=O)c3cc(C)on3)cc2)ccc1NC(=O)N1CCc2ccccc21. The van der Waals surface area contributed by atoms with E-state index >= 15 is 0 Å². The number of anilines is 3. The van der Waals surface area contributed by atoms with Crippen LogP contribution in [0.4, 0.5) is 21.9 Å². The van der Waals surface area contributed by atoms with Crippen LogP contribution in [0.15, 0.2) is 77.3 Å². The van der Waals surface area contributed by atoms with Gasteiger partial charge in [-0.15, -0.1) is 0 Å². The van der Waals surface area contributed by atoms with Crippen molar-refractivity contribution in [1.82, 2.24) is 10.5 Å². The van der Waals surface area contributed by atoms with E-state index in [0.717, 1.165) is 17.7 Å². The number of rotatable bonds is 10. The van der Waals surface area contributed by atoms with Gasteiger partial charge in [0.15, 0.2) is 5.69 Å². The van der Waals surface area contributed by atoms with Crippen LogP contribution in [0.2, 0.25) is 0 Å². The zero-order valence-electron chi connectivity index (χ0n) is 24.1. The second-order valence-corrected chi connectivity index (χ2v) is 10.3. The van der Waals surface area contributed by atoms with Crippen LogP contribution in [0.5, 0.6) is 5.75 Å². The Morgan fingerprint density at radius 3 is 2.50 bits per heavy atom. The highest BCUT2D eigenvalue weighted by Crippen LogP contribution is 2.31. The van der Waals surface area contributed by atoms with Crippen molar-refractivity contribution in [1.29, 1.82) is 0 Å². The predicted molar refractivity (Wildman–Crippen MR) is 162 cm³/mol. The number of carbonyl (C=O) groups excluding carboxylic acids is 3. The quantitative estimate of drug-likeness (QED) is 0.204. The summed E-state index contributed by atoms with van der Waals surface area (Å²) in [6, 6.07) is 19.8. The maximum absolute atomic E-state index is 13.0. The smallest absolute Gasteiger partial charge is 0.326 e. The standard InChI is InChI=1S/C32H31N5O7/c1-19-15-26(36-44-19)31(41)34-25(18-30(39)40)21-8-10-23(11-9-21)33-29(38)17-20-7-12-24(28(16-20)43-2)35-32(42)37-14-13-22-5-3-4-6-27(22)37/h3-12,15-16,25H,13-14,17-18H2,1-2H3,(H,33,38)(H,34,41)(H,35,42)(H,39,40)/t25-/m1/s1. The molecule has 0 spiro atoms. The third-order valence-corrected chi connectivity index (χ3v) is 7.15. The van der Waals surface area contributed by atoms with E-state index in [1.165, 1.54) is 13.2 Å². The second kappa shape index (κ2) is 13.1. The number of carboxylic acid groups (broad SMARTS) is 1. The van der Waals surface area contributed by atoms with Crippen LogP contribution in [0, 0.1) is 6.92 Å². The van der Waals surface area contributed by atoms with E-state index < -0.39 is 17.9 Å². The number of nitrogens with zero attached hydrogens (tertiary/aromatic N) is 2. The highest BCUT2D eigenvalue weighted by molar-refractivity contribution is 6.04. The molecular weight excluding hydrogens is 566 g/mol. The fourth-order valence-corrected chi connectivity index (χ4v) is 5.00. The lowest BCUT2D eigenvalue weighted by Gasteiger charge is -2.19. The molecule has 0 radical (unpaired) electrons. The summed E-state index contributed by atoms with van der Waals surface area (Å²) in [7, 11) is 1.49. The van der Waals surface area contributed by atoms with Crippen LogP contribution in [-0.2, 0) is 22.4 Å². The van der Waals surface area contributed by atoms with E-state index in [4.69, 9.17) is 9.26 Å². The first-order chi connectivity index (χ1) is 21.2. The summed E-state index contributed by atoms with van der Waals surface area (Å²) in [4.78, 5) is 51.5. The van der Waals surface area contributed by atoms with Gasteiger partial charge in [-0.3, -0.25) is 19.3 Å². The molecule has 0 bridgehead atoms. The number of ether oxygens (including phenoxy) is 1. The van der Waals surface area contributed by atoms with E-state index in [2.05, 4.69) is 21.1 Å². The molecule has 44 heavy (non-hydrogen) atoms. The first kappa shape index (κ1) is 29.8. The highest BCUT2D eigenvalue weighted by Gasteiger charge is 2.25. The van der Waals surface area contributed by atoms with E-state index in [9.17, 15) is 24.3 Å². The van der Waals surface area contributed by atoms with Crippen molar-refractivity contribution in [2.24, 2.45) is 0 Å². The Morgan fingerprint density at radius 1 is 1.02 bits per heavy atom. The number of carbonyl (C=O) groups is 4. The van der Waals surface area contributed by atoms with Gasteiger partial charge < -0.3 is 30.3 Å². The lowest BCUT2D eigenvalue weighted by Crippen LogP contribution is -2.33. The van der Waals surface area contributed by atoms with Crippen LogP contribution in [0.3, 0.4) is 0 Å². The van der Waals surface area contributed by atoms with Gasteiger partial charge in [-0.1, -0.05) is 41.6 Å². The fourth-order valence-electron chi connectivity index (χ4n) is 5.00. The second-order valence-electron chi connectivity index (χ2n) is 10.3. The first-order valence-electron chi connectivity index (χ1n) is 13.9. The van der Waals surface area contributed by atoms with Gasteiger partial charge in [-0.05, 0) is 60.4 Å². The van der Waals surface area contributed by atoms with E-state index in [0.29, 0.717) is 40.6 Å². The third kappa shape index (κ3) is 7.04. The summed E-state index contributed by atoms with van der Waals surface area (Å²) in [5.74, 6) is -1.07. The van der Waals surface area contributed by atoms with Crippen LogP contribution < -0.4 is 25.6 Å². The van der Waals surface area contributed by atoms with Crippen molar-refractivity contribution in [3.05, 3.63) is 101 Å². The molecule has 1 aromatic heterocycles. The number of para-hydroxylation sites is 1. The number of aryl methyl sites for hydroxylation is 1. The van der Waals surface area contributed by atoms with Crippen molar-refractivity contribution in [2.45, 2.75) is 32.2 Å². The topological polar surface area (TPSA) is 163 Å². The van der Waals surface area contributed by atoms with Crippen LogP contribution in [-0.4, -0.2) is 47.7 Å². The number of aromatic nitrogens is 1. The summed E-state index contributed by atoms with van der Waals surface area (Å²) >= 11 is 0. The fraction of sp³-hybridized carbons (Fsp3) is 0.219. The number of aliphatic carboxylic acids is 1. The van der Waals surface area contributed by atoms with Crippen molar-refractivity contribution >= 4 is 40.9 Å². The van der Waals surface area contributed by atoms with Crippen LogP contribution in [0.1, 0.15) is 45.4 Å². The van der Waals surface area contributed by atoms with E-state index in [1.807, 2.05) is 24.3 Å². The van der Waals surface area contributed by atoms with Crippen molar-refractivity contribution in [3.63, 3.8) is 0 Å². The molecule has 3 aromatic carbocycles. The number of nitrogens with one attached hydrogen (secondary N) is 3. The molecule has 0 fully saturated rings. The molecule has 12 heteroatoms. The average Bonchev–Trinajstić information content (AvgIpc) is 3.64. The molecular formula is C32H31N5O7. The minimum absolute atomic E-state index is 0.0423. The minimum atomic E-state index is -1.09. The summed E-state index contributed by atoms with van der Waals surface area (Å²) in [6.45, 7) is 2.23. The number of carboxylic acids is 1. The Morgan fingerprint density at radius 2 is 1.80 bits per heavy atom. The Bertz CT molecular complexity index is 1700. The van der Waals surface area contributed by atoms with E-state index in [1.54, 1.807) is 54.3 Å². The molecule has 0 aliphatic carbocycles. The number of hydrogen-bond acceptors (Lipinski definition) is 7. The minimum Gasteiger partial charge on any atom is -0.495 e. The van der Waals surface area contributed by atoms with Gasteiger partial charge in [0.1, 0.15) is 11.5 Å². The van der Waals surface area contributed by atoms with Crippen LogP contribution in [0.25, 0.3) is 0 Å². The molecule has 12 nitrogen and oxygen atoms in total. The maximum atomic E-state index is 13.0. The molecule has 0 unspecified atom stereocenters. The Balaban J connectivity index is 1.19. The van der Waals surface area contributed by atoms with Gasteiger partial charge in [0.05, 0.1) is 31.7 Å². The Labute approximate surface area is 253 Å². The van der Waals surface area contributed by atoms with Gasteiger partial charge in [0.2, 0.25) is 5.91 Å². The largest absolute Gasteiger partial charge is 0.495 e. The summed E-state index contributed by atoms with van der Waals surface area (Å²) < 4.78 is 10.4. The third-order valence-electron chi connectivity index (χ3n) is 7.15. The molecule has 4 N–H and O–H groups in total. The first-order valence-corrected chi connectivity index (χ1v) is 13.9. The lowest BCUT2D eigenvalue weighted by atomic mass is 10.0. The number of amides is 4. The number of fused-ring (bicyclic) bond motifs is 1. The van der Waals surface area contributed by atoms with Crippen molar-refractivity contribution in [2.75, 3.05) is 29.2 Å². The molecule has 5 rings (SSSR count). The molecule has 226 valence electrons. The van der Waals surface area contributed by atoms with Gasteiger partial charge in [0.25, 0.3) is 5.91 Å². The van der Waals surface area contributed by atoms with E-state index in [-0.39, 0.29) is 30.5 Å². The van der Waals surface area contributed by atoms with Gasteiger partial charge in [-0.2, -0.15) is 0 Å². The van der Waals surface area contributed by atoms with Crippen LogP contribution >= 0.6 is 0 Å². The molecule has 1 aliphatic heterocycles. The van der Waals surface area contributed by atoms with Gasteiger partial charge in [-0.25, -0.2) is 4.79 Å². The predicted octanol–water partition coefficient (Wildman–Crippen LogP) is 4.71. The van der Waals surface area contributed by atoms with Crippen molar-refractivity contribution < 1.29 is 33.5 Å². The summed E-state index contributed by atoms with van der Waals surface area (Å²) in [5, 5.41) is 21.4. The normalized spacial score (nSPS) is 12.6. The van der Waals surface area contributed by atoms with Gasteiger partial charge >= 0.3 is 12.0 Å². The average molecular weight is 598 g/mol. The highest BCUT2D eigenvalue weighted by atomic mass is 16.5. The molecule has 2 heterocycles. The Hall–Kier alpha value is -5.65. The number of methoxy groups -OCH3 is 1. The summed E-state index contributed by atoms with van der Waals surface area (Å²) in [6.07, 6.45) is 0.485. The number of hydrogen-bond donors (Lipinski definition) is 4. The van der Waals surface area contributed by atoms with Crippen molar-refractivity contribution in [3.8, 4) is 5.75 Å².